The molecule has 118 valence electrons. The highest BCUT2D eigenvalue weighted by Crippen LogP contribution is 2.26. The first kappa shape index (κ1) is 16.5. The van der Waals surface area contributed by atoms with Crippen LogP contribution in [0.3, 0.4) is 0 Å². The Balaban J connectivity index is 2.13. The fourth-order valence-electron chi connectivity index (χ4n) is 1.91. The maximum absolute atomic E-state index is 12.4. The molecule has 1 N–H and O–H groups in total. The normalized spacial score (nSPS) is 11.5. The summed E-state index contributed by atoms with van der Waals surface area (Å²) in [5, 5.41) is 3.68. The predicted octanol–water partition coefficient (Wildman–Crippen LogP) is 3.33. The maximum atomic E-state index is 12.4. The first-order valence-electron chi connectivity index (χ1n) is 7.46. The lowest BCUT2D eigenvalue weighted by atomic mass is 9.92. The summed E-state index contributed by atoms with van der Waals surface area (Å²) in [7, 11) is 0. The van der Waals surface area contributed by atoms with Crippen molar-refractivity contribution >= 4 is 17.2 Å². The van der Waals surface area contributed by atoms with E-state index in [1.807, 2.05) is 6.92 Å². The van der Waals surface area contributed by atoms with Gasteiger partial charge in [-0.3, -0.25) is 4.79 Å². The lowest BCUT2D eigenvalue weighted by Crippen LogP contribution is -2.27. The summed E-state index contributed by atoms with van der Waals surface area (Å²) in [6, 6.07) is 1.76. The number of carbonyl (C=O) groups excluding carboxylic acids is 1. The van der Waals surface area contributed by atoms with Gasteiger partial charge in [-0.1, -0.05) is 27.7 Å². The Bertz CT molecular complexity index is 631. The first-order valence-corrected chi connectivity index (χ1v) is 8.27. The summed E-state index contributed by atoms with van der Waals surface area (Å²) in [6.07, 6.45) is 5.01. The molecule has 22 heavy (non-hydrogen) atoms. The molecule has 0 radical (unpaired) electrons. The van der Waals surface area contributed by atoms with Crippen LogP contribution < -0.4 is 5.32 Å². The molecule has 6 heteroatoms. The summed E-state index contributed by atoms with van der Waals surface area (Å²) < 4.78 is 0. The second kappa shape index (κ2) is 6.96. The van der Waals surface area contributed by atoms with Gasteiger partial charge in [0.05, 0.1) is 5.69 Å². The van der Waals surface area contributed by atoms with Crippen molar-refractivity contribution in [1.82, 2.24) is 20.3 Å². The van der Waals surface area contributed by atoms with Crippen molar-refractivity contribution in [3.63, 3.8) is 0 Å². The Kier molecular flexibility index (Phi) is 5.24. The van der Waals surface area contributed by atoms with E-state index in [-0.39, 0.29) is 11.3 Å². The van der Waals surface area contributed by atoms with Gasteiger partial charge in [0.1, 0.15) is 4.88 Å². The standard InChI is InChI=1S/C16H22N4OS/c1-5-11-12(14(21)19-10-7-16(2,3)4)22-15(20-11)13-17-8-6-9-18-13/h6,8-9H,5,7,10H2,1-4H3,(H,19,21). The molecular weight excluding hydrogens is 296 g/mol. The van der Waals surface area contributed by atoms with Gasteiger partial charge < -0.3 is 5.32 Å². The smallest absolute Gasteiger partial charge is 0.263 e. The molecule has 0 saturated carbocycles. The van der Waals surface area contributed by atoms with Gasteiger partial charge in [-0.15, -0.1) is 11.3 Å². The third-order valence-corrected chi connectivity index (χ3v) is 4.25. The Labute approximate surface area is 135 Å². The number of nitrogens with zero attached hydrogens (tertiary/aromatic N) is 3. The van der Waals surface area contributed by atoms with Crippen LogP contribution in [-0.2, 0) is 6.42 Å². The molecule has 2 rings (SSSR count). The van der Waals surface area contributed by atoms with Gasteiger partial charge in [-0.2, -0.15) is 0 Å². The van der Waals surface area contributed by atoms with Gasteiger partial charge in [-0.25, -0.2) is 15.0 Å². The van der Waals surface area contributed by atoms with Crippen LogP contribution in [0.2, 0.25) is 0 Å². The molecule has 0 aliphatic carbocycles. The van der Waals surface area contributed by atoms with Gasteiger partial charge in [0.15, 0.2) is 10.8 Å². The van der Waals surface area contributed by atoms with Crippen molar-refractivity contribution in [2.75, 3.05) is 6.54 Å². The minimum atomic E-state index is -0.0548. The number of amides is 1. The first-order chi connectivity index (χ1) is 10.4. The van der Waals surface area contributed by atoms with Crippen molar-refractivity contribution in [2.45, 2.75) is 40.5 Å². The molecule has 0 unspecified atom stereocenters. The highest BCUT2D eigenvalue weighted by Gasteiger charge is 2.19. The number of hydrogen-bond acceptors (Lipinski definition) is 5. The fraction of sp³-hybridized carbons (Fsp3) is 0.500. The van der Waals surface area contributed by atoms with Crippen molar-refractivity contribution < 1.29 is 4.79 Å². The monoisotopic (exact) mass is 318 g/mol. The molecule has 2 aromatic rings. The number of hydrogen-bond donors (Lipinski definition) is 1. The summed E-state index contributed by atoms with van der Waals surface area (Å²) in [6.45, 7) is 9.15. The van der Waals surface area contributed by atoms with Crippen molar-refractivity contribution in [3.8, 4) is 10.8 Å². The zero-order chi connectivity index (χ0) is 16.2. The Morgan fingerprint density at radius 3 is 2.55 bits per heavy atom. The fourth-order valence-corrected chi connectivity index (χ4v) is 2.92. The van der Waals surface area contributed by atoms with E-state index >= 15 is 0 Å². The molecule has 0 aliphatic rings. The van der Waals surface area contributed by atoms with Gasteiger partial charge in [-0.05, 0) is 24.3 Å². The molecule has 0 aliphatic heterocycles. The zero-order valence-electron chi connectivity index (χ0n) is 13.5. The molecule has 0 atom stereocenters. The van der Waals surface area contributed by atoms with E-state index in [0.29, 0.717) is 28.7 Å². The Morgan fingerprint density at radius 1 is 1.27 bits per heavy atom. The highest BCUT2D eigenvalue weighted by molar-refractivity contribution is 7.17. The van der Waals surface area contributed by atoms with E-state index in [1.165, 1.54) is 11.3 Å². The number of carbonyl (C=O) groups is 1. The van der Waals surface area contributed by atoms with Crippen LogP contribution in [0.25, 0.3) is 10.8 Å². The van der Waals surface area contributed by atoms with E-state index in [9.17, 15) is 4.79 Å². The predicted molar refractivity (Wildman–Crippen MR) is 88.9 cm³/mol. The number of aryl methyl sites for hydroxylation is 1. The molecule has 0 fully saturated rings. The lowest BCUT2D eigenvalue weighted by Gasteiger charge is -2.17. The van der Waals surface area contributed by atoms with E-state index in [1.54, 1.807) is 18.5 Å². The summed E-state index contributed by atoms with van der Waals surface area (Å²) in [5.74, 6) is 0.511. The van der Waals surface area contributed by atoms with E-state index in [0.717, 1.165) is 12.1 Å². The van der Waals surface area contributed by atoms with Gasteiger partial charge in [0.25, 0.3) is 5.91 Å². The average molecular weight is 318 g/mol. The average Bonchev–Trinajstić information content (AvgIpc) is 2.91. The molecule has 2 heterocycles. The van der Waals surface area contributed by atoms with Crippen LogP contribution >= 0.6 is 11.3 Å². The van der Waals surface area contributed by atoms with Crippen LogP contribution in [-0.4, -0.2) is 27.4 Å². The Hall–Kier alpha value is -1.82. The molecule has 1 amide bonds. The number of thiazole rings is 1. The number of aromatic nitrogens is 3. The number of rotatable bonds is 5. The molecule has 0 bridgehead atoms. The summed E-state index contributed by atoms with van der Waals surface area (Å²) >= 11 is 1.36. The molecule has 0 aromatic carbocycles. The largest absolute Gasteiger partial charge is 0.351 e. The second-order valence-electron chi connectivity index (χ2n) is 6.29. The lowest BCUT2D eigenvalue weighted by molar-refractivity contribution is 0.0952. The third-order valence-electron chi connectivity index (χ3n) is 3.16. The topological polar surface area (TPSA) is 67.8 Å². The molecule has 5 nitrogen and oxygen atoms in total. The number of nitrogens with one attached hydrogen (secondary N) is 1. The minimum absolute atomic E-state index is 0.0548. The summed E-state index contributed by atoms with van der Waals surface area (Å²) in [4.78, 5) is 25.9. The van der Waals surface area contributed by atoms with Crippen molar-refractivity contribution in [1.29, 1.82) is 0 Å². The van der Waals surface area contributed by atoms with Crippen LogP contribution in [0.15, 0.2) is 18.5 Å². The van der Waals surface area contributed by atoms with Crippen LogP contribution in [0.1, 0.15) is 49.5 Å². The molecular formula is C16H22N4OS. The molecule has 0 spiro atoms. The second-order valence-corrected chi connectivity index (χ2v) is 7.29. The van der Waals surface area contributed by atoms with Gasteiger partial charge >= 0.3 is 0 Å². The quantitative estimate of drug-likeness (QED) is 0.918. The van der Waals surface area contributed by atoms with Crippen LogP contribution in [0.4, 0.5) is 0 Å². The minimum Gasteiger partial charge on any atom is -0.351 e. The van der Waals surface area contributed by atoms with Gasteiger partial charge in [0.2, 0.25) is 0 Å². The maximum Gasteiger partial charge on any atom is 0.263 e. The van der Waals surface area contributed by atoms with Crippen LogP contribution in [0.5, 0.6) is 0 Å². The Morgan fingerprint density at radius 2 is 1.95 bits per heavy atom. The van der Waals surface area contributed by atoms with Crippen molar-refractivity contribution in [3.05, 3.63) is 29.0 Å². The third kappa shape index (κ3) is 4.34. The van der Waals surface area contributed by atoms with E-state index in [4.69, 9.17) is 0 Å². The van der Waals surface area contributed by atoms with E-state index < -0.39 is 0 Å². The molecule has 0 saturated heterocycles. The zero-order valence-corrected chi connectivity index (χ0v) is 14.3. The van der Waals surface area contributed by atoms with Crippen molar-refractivity contribution in [2.24, 2.45) is 5.41 Å². The van der Waals surface area contributed by atoms with E-state index in [2.05, 4.69) is 41.0 Å². The SMILES string of the molecule is CCc1nc(-c2ncccn2)sc1C(=O)NCCC(C)(C)C. The highest BCUT2D eigenvalue weighted by atomic mass is 32.1. The molecule has 2 aromatic heterocycles. The van der Waals surface area contributed by atoms with Crippen LogP contribution in [0, 0.1) is 5.41 Å². The summed E-state index contributed by atoms with van der Waals surface area (Å²) in [5.41, 5.74) is 1.01. The van der Waals surface area contributed by atoms with Gasteiger partial charge in [0, 0.05) is 18.9 Å².